The summed E-state index contributed by atoms with van der Waals surface area (Å²) >= 11 is 5.23. The van der Waals surface area contributed by atoms with Gasteiger partial charge in [-0.05, 0) is 13.0 Å². The Labute approximate surface area is 140 Å². The van der Waals surface area contributed by atoms with Crippen LogP contribution in [0.5, 0.6) is 0 Å². The van der Waals surface area contributed by atoms with Crippen LogP contribution in [-0.2, 0) is 33.8 Å². The lowest BCUT2D eigenvalue weighted by molar-refractivity contribution is -0.312. The maximum atomic E-state index is 12.7. The van der Waals surface area contributed by atoms with E-state index in [1.807, 2.05) is 0 Å². The van der Waals surface area contributed by atoms with Crippen LogP contribution in [0.1, 0.15) is 6.92 Å². The average molecular weight is 380 g/mol. The summed E-state index contributed by atoms with van der Waals surface area (Å²) in [5.74, 6) is -6.36. The first-order chi connectivity index (χ1) is 11.0. The fraction of sp³-hybridized carbons (Fsp3) is 0.500. The van der Waals surface area contributed by atoms with E-state index in [0.717, 1.165) is 6.92 Å². The number of carboxylic acids is 2. The fourth-order valence-corrected chi connectivity index (χ4v) is 5.12. The molecule has 2 saturated heterocycles. The number of ether oxygens (including phenoxy) is 1. The van der Waals surface area contributed by atoms with Gasteiger partial charge in [0, 0.05) is 0 Å². The summed E-state index contributed by atoms with van der Waals surface area (Å²) in [5, 5.41) is 20.2. The van der Waals surface area contributed by atoms with Crippen LogP contribution in [0.2, 0.25) is 0 Å². The van der Waals surface area contributed by atoms with Crippen LogP contribution in [0.15, 0.2) is 11.6 Å². The highest BCUT2D eigenvalue weighted by Gasteiger charge is 2.70. The lowest BCUT2D eigenvalue weighted by atomic mass is 9.94. The number of rotatable bonds is 5. The minimum atomic E-state index is -4.45. The van der Waals surface area contributed by atoms with Crippen LogP contribution < -0.4 is 10.2 Å². The number of amides is 1. The molecule has 2 rings (SSSR count). The molecule has 2 fully saturated rings. The topological polar surface area (TPSA) is 161 Å². The number of hydrogen-bond acceptors (Lipinski definition) is 9. The molecule has 0 radical (unpaired) electrons. The van der Waals surface area contributed by atoms with Crippen molar-refractivity contribution in [2.45, 2.75) is 23.1 Å². The Kier molecular flexibility index (Phi) is 4.35. The maximum Gasteiger partial charge on any atom is 0.320 e. The Bertz CT molecular complexity index is 773. The Morgan fingerprint density at radius 1 is 1.38 bits per heavy atom. The van der Waals surface area contributed by atoms with E-state index in [1.165, 1.54) is 0 Å². The molecule has 0 bridgehead atoms. The zero-order chi connectivity index (χ0) is 18.4. The summed E-state index contributed by atoms with van der Waals surface area (Å²) < 4.78 is 27.7. The highest BCUT2D eigenvalue weighted by atomic mass is 35.5. The fourth-order valence-electron chi connectivity index (χ4n) is 2.77. The van der Waals surface area contributed by atoms with Crippen LogP contribution >= 0.6 is 11.6 Å². The second-order valence-electron chi connectivity index (χ2n) is 5.36. The third-order valence-corrected chi connectivity index (χ3v) is 6.85. The van der Waals surface area contributed by atoms with Crippen LogP contribution in [0.25, 0.3) is 0 Å². The van der Waals surface area contributed by atoms with Gasteiger partial charge in [0.25, 0.3) is 5.91 Å². The first-order valence-electron chi connectivity index (χ1n) is 6.40. The molecule has 12 heteroatoms. The standard InChI is InChI=1S/C12H12ClNO9S/c1-12(4-23-7(17)3-13)8(11(19)20)14-9(18)5(2-6(15)16)10(14)24(12,21)22/h2,8,10H,3-4H2,1H3,(H,15,16)(H,19,20)/p-2/b5-2-/t8-,10?,12-/m0/s1. The molecule has 0 saturated carbocycles. The van der Waals surface area contributed by atoms with Gasteiger partial charge in [-0.15, -0.1) is 11.6 Å². The zero-order valence-electron chi connectivity index (χ0n) is 12.1. The van der Waals surface area contributed by atoms with Crippen molar-refractivity contribution < 1.29 is 42.5 Å². The molecule has 24 heavy (non-hydrogen) atoms. The van der Waals surface area contributed by atoms with E-state index >= 15 is 0 Å². The molecule has 0 aromatic carbocycles. The van der Waals surface area contributed by atoms with Crippen molar-refractivity contribution in [3.63, 3.8) is 0 Å². The Hall–Kier alpha value is -2.14. The van der Waals surface area contributed by atoms with Gasteiger partial charge in [0.1, 0.15) is 17.2 Å². The van der Waals surface area contributed by atoms with Crippen LogP contribution in [0.4, 0.5) is 0 Å². The van der Waals surface area contributed by atoms with Crippen molar-refractivity contribution in [2.75, 3.05) is 12.5 Å². The minimum Gasteiger partial charge on any atom is -0.548 e. The Morgan fingerprint density at radius 2 is 1.96 bits per heavy atom. The summed E-state index contributed by atoms with van der Waals surface area (Å²) in [6, 6.07) is -1.96. The molecule has 0 N–H and O–H groups in total. The van der Waals surface area contributed by atoms with Gasteiger partial charge in [-0.25, -0.2) is 8.42 Å². The van der Waals surface area contributed by atoms with Crippen molar-refractivity contribution in [1.29, 1.82) is 0 Å². The molecule has 2 aliphatic heterocycles. The van der Waals surface area contributed by atoms with Crippen LogP contribution in [0.3, 0.4) is 0 Å². The predicted molar refractivity (Wildman–Crippen MR) is 71.5 cm³/mol. The van der Waals surface area contributed by atoms with Gasteiger partial charge in [-0.2, -0.15) is 0 Å². The smallest absolute Gasteiger partial charge is 0.320 e. The lowest BCUT2D eigenvalue weighted by Gasteiger charge is -2.40. The van der Waals surface area contributed by atoms with E-state index in [-0.39, 0.29) is 0 Å². The SMILES string of the molecule is C[C@]1(COC(=O)CCl)[C@H](C(=O)[O-])N2C(=O)/C(=C/C(=O)[O-])C2S1(=O)=O. The molecule has 2 heterocycles. The number of halogens is 1. The number of fused-ring (bicyclic) bond motifs is 1. The number of carbonyl (C=O) groups is 4. The van der Waals surface area contributed by atoms with Crippen molar-refractivity contribution in [3.8, 4) is 0 Å². The third kappa shape index (κ3) is 2.35. The van der Waals surface area contributed by atoms with Gasteiger partial charge >= 0.3 is 5.97 Å². The molecule has 2 aliphatic rings. The molecule has 1 unspecified atom stereocenters. The molecule has 0 aromatic heterocycles. The van der Waals surface area contributed by atoms with E-state index < -0.39 is 67.9 Å². The van der Waals surface area contributed by atoms with Gasteiger partial charge < -0.3 is 29.4 Å². The average Bonchev–Trinajstić information content (AvgIpc) is 2.65. The van der Waals surface area contributed by atoms with Gasteiger partial charge in [0.2, 0.25) is 0 Å². The summed E-state index contributed by atoms with van der Waals surface area (Å²) in [4.78, 5) is 45.6. The number of carbonyl (C=O) groups excluding carboxylic acids is 4. The van der Waals surface area contributed by atoms with Crippen LogP contribution in [0, 0.1) is 0 Å². The molecule has 132 valence electrons. The second kappa shape index (κ2) is 5.74. The van der Waals surface area contributed by atoms with E-state index in [0.29, 0.717) is 11.0 Å². The van der Waals surface area contributed by atoms with Gasteiger partial charge in [0.15, 0.2) is 15.2 Å². The van der Waals surface area contributed by atoms with Crippen LogP contribution in [-0.4, -0.2) is 65.8 Å². The summed E-state index contributed by atoms with van der Waals surface area (Å²) in [6.45, 7) is 0.0744. The highest BCUT2D eigenvalue weighted by Crippen LogP contribution is 2.48. The maximum absolute atomic E-state index is 12.7. The quantitative estimate of drug-likeness (QED) is 0.200. The summed E-state index contributed by atoms with van der Waals surface area (Å²) in [7, 11) is -4.45. The molecule has 0 spiro atoms. The lowest BCUT2D eigenvalue weighted by Crippen LogP contribution is -2.62. The molecule has 0 aromatic rings. The van der Waals surface area contributed by atoms with Crippen molar-refractivity contribution >= 4 is 45.3 Å². The number of sulfone groups is 1. The summed E-state index contributed by atoms with van der Waals surface area (Å²) in [6.07, 6.45) is 0.296. The predicted octanol–water partition coefficient (Wildman–Crippen LogP) is -4.08. The molecule has 10 nitrogen and oxygen atoms in total. The Balaban J connectivity index is 2.52. The molecular weight excluding hydrogens is 370 g/mol. The molecular formula is C12H10ClNO9S-2. The number of carboxylic acid groups (broad SMARTS) is 2. The van der Waals surface area contributed by atoms with Gasteiger partial charge in [-0.1, -0.05) is 0 Å². The first kappa shape index (κ1) is 18.2. The van der Waals surface area contributed by atoms with Gasteiger partial charge in [0.05, 0.1) is 23.6 Å². The normalized spacial score (nSPS) is 32.2. The van der Waals surface area contributed by atoms with Crippen molar-refractivity contribution in [3.05, 3.63) is 11.6 Å². The minimum absolute atomic E-state index is 0.296. The molecule has 3 atom stereocenters. The molecule has 0 aliphatic carbocycles. The number of aliphatic carboxylic acids is 2. The number of hydrogen-bond donors (Lipinski definition) is 0. The second-order valence-corrected chi connectivity index (χ2v) is 8.09. The van der Waals surface area contributed by atoms with Crippen molar-refractivity contribution in [1.82, 2.24) is 4.90 Å². The number of nitrogens with zero attached hydrogens (tertiary/aromatic N) is 1. The number of β-lactam (4-membered cyclic amide) rings is 1. The van der Waals surface area contributed by atoms with Crippen molar-refractivity contribution in [2.24, 2.45) is 0 Å². The Morgan fingerprint density at radius 3 is 2.42 bits per heavy atom. The number of alkyl halides is 1. The van der Waals surface area contributed by atoms with E-state index in [4.69, 9.17) is 11.6 Å². The third-order valence-electron chi connectivity index (χ3n) is 3.93. The monoisotopic (exact) mass is 379 g/mol. The zero-order valence-corrected chi connectivity index (χ0v) is 13.6. The van der Waals surface area contributed by atoms with Gasteiger partial charge in [-0.3, -0.25) is 9.59 Å². The molecule has 1 amide bonds. The number of esters is 1. The largest absolute Gasteiger partial charge is 0.548 e. The summed E-state index contributed by atoms with van der Waals surface area (Å²) in [5.41, 5.74) is -0.631. The van der Waals surface area contributed by atoms with E-state index in [2.05, 4.69) is 4.74 Å². The first-order valence-corrected chi connectivity index (χ1v) is 8.48. The van der Waals surface area contributed by atoms with E-state index in [9.17, 15) is 37.8 Å². The van der Waals surface area contributed by atoms with E-state index in [1.54, 1.807) is 0 Å². The highest BCUT2D eigenvalue weighted by molar-refractivity contribution is 7.94.